The predicted octanol–water partition coefficient (Wildman–Crippen LogP) is 2.57. The Kier molecular flexibility index (Phi) is 2.59. The van der Waals surface area contributed by atoms with Crippen LogP contribution in [0.1, 0.15) is 12.8 Å². The molecule has 0 spiro atoms. The molecule has 0 radical (unpaired) electrons. The van der Waals surface area contributed by atoms with E-state index < -0.39 is 5.63 Å². The number of halogens is 1. The van der Waals surface area contributed by atoms with Crippen molar-refractivity contribution in [2.45, 2.75) is 12.8 Å². The maximum Gasteiger partial charge on any atom is 0.343 e. The van der Waals surface area contributed by atoms with Crippen LogP contribution in [0.15, 0.2) is 33.7 Å². The first-order valence-corrected chi connectivity index (χ1v) is 6.06. The molecule has 2 aromatic rings. The van der Waals surface area contributed by atoms with Crippen molar-refractivity contribution in [3.8, 4) is 0 Å². The van der Waals surface area contributed by atoms with Gasteiger partial charge in [-0.2, -0.15) is 0 Å². The molecule has 0 aliphatic carbocycles. The zero-order valence-corrected chi connectivity index (χ0v) is 10.2. The molecule has 1 aromatic carbocycles. The molecule has 1 aliphatic rings. The van der Waals surface area contributed by atoms with Gasteiger partial charge in [0.2, 0.25) is 5.91 Å². The largest absolute Gasteiger partial charge is 0.431 e. The van der Waals surface area contributed by atoms with Crippen molar-refractivity contribution in [2.24, 2.45) is 0 Å². The van der Waals surface area contributed by atoms with Gasteiger partial charge < -0.3 is 9.32 Å². The zero-order chi connectivity index (χ0) is 12.7. The minimum absolute atomic E-state index is 0.0609. The number of anilines is 1. The first-order chi connectivity index (χ1) is 8.66. The Balaban J connectivity index is 2.23. The summed E-state index contributed by atoms with van der Waals surface area (Å²) in [4.78, 5) is 25.0. The number of fused-ring (bicyclic) bond motifs is 1. The summed E-state index contributed by atoms with van der Waals surface area (Å²) in [6.07, 6.45) is 2.69. The summed E-state index contributed by atoms with van der Waals surface area (Å²) in [6, 6.07) is 5.03. The summed E-state index contributed by atoms with van der Waals surface area (Å²) < 4.78 is 4.82. The first-order valence-electron chi connectivity index (χ1n) is 5.68. The Morgan fingerprint density at radius 3 is 2.78 bits per heavy atom. The minimum atomic E-state index is -0.442. The second-order valence-corrected chi connectivity index (χ2v) is 4.65. The molecule has 1 amide bonds. The molecular formula is C13H10ClNO3. The molecular weight excluding hydrogens is 254 g/mol. The zero-order valence-electron chi connectivity index (χ0n) is 9.48. The molecule has 2 heterocycles. The maximum absolute atomic E-state index is 11.7. The SMILES string of the molecule is O=C1CCCN1c1cc(Cl)c2ccoc(=O)c2c1. The van der Waals surface area contributed by atoms with Crippen molar-refractivity contribution in [1.29, 1.82) is 0 Å². The molecule has 1 saturated heterocycles. The third-order valence-corrected chi connectivity index (χ3v) is 3.44. The van der Waals surface area contributed by atoms with E-state index in [1.165, 1.54) is 6.26 Å². The van der Waals surface area contributed by atoms with Crippen LogP contribution in [0.3, 0.4) is 0 Å². The first kappa shape index (κ1) is 11.3. The summed E-state index contributed by atoms with van der Waals surface area (Å²) in [5.74, 6) is 0.0609. The number of nitrogens with zero attached hydrogens (tertiary/aromatic N) is 1. The normalized spacial score (nSPS) is 15.6. The number of hydrogen-bond acceptors (Lipinski definition) is 3. The molecule has 1 fully saturated rings. The number of rotatable bonds is 1. The quantitative estimate of drug-likeness (QED) is 0.795. The van der Waals surface area contributed by atoms with E-state index in [1.54, 1.807) is 23.1 Å². The van der Waals surface area contributed by atoms with Gasteiger partial charge in [-0.3, -0.25) is 4.79 Å². The van der Waals surface area contributed by atoms with Crippen LogP contribution in [-0.4, -0.2) is 12.5 Å². The van der Waals surface area contributed by atoms with E-state index in [1.807, 2.05) is 0 Å². The lowest BCUT2D eigenvalue weighted by atomic mass is 10.1. The van der Waals surface area contributed by atoms with E-state index in [-0.39, 0.29) is 5.91 Å². The lowest BCUT2D eigenvalue weighted by molar-refractivity contribution is -0.117. The molecule has 5 heteroatoms. The molecule has 1 aromatic heterocycles. The third-order valence-electron chi connectivity index (χ3n) is 3.13. The summed E-state index contributed by atoms with van der Waals surface area (Å²) in [6.45, 7) is 0.666. The lowest BCUT2D eigenvalue weighted by Gasteiger charge is -2.16. The highest BCUT2D eigenvalue weighted by atomic mass is 35.5. The van der Waals surface area contributed by atoms with Crippen molar-refractivity contribution in [3.63, 3.8) is 0 Å². The molecule has 3 rings (SSSR count). The predicted molar refractivity (Wildman–Crippen MR) is 69.1 cm³/mol. The third kappa shape index (κ3) is 1.69. The van der Waals surface area contributed by atoms with E-state index in [4.69, 9.17) is 16.0 Å². The van der Waals surface area contributed by atoms with Gasteiger partial charge in [0.25, 0.3) is 0 Å². The Labute approximate surface area is 108 Å². The van der Waals surface area contributed by atoms with Crippen molar-refractivity contribution in [2.75, 3.05) is 11.4 Å². The van der Waals surface area contributed by atoms with Gasteiger partial charge >= 0.3 is 5.63 Å². The second kappa shape index (κ2) is 4.14. The van der Waals surface area contributed by atoms with Gasteiger partial charge in [-0.15, -0.1) is 0 Å². The van der Waals surface area contributed by atoms with Gasteiger partial charge in [-0.1, -0.05) is 11.6 Å². The Morgan fingerprint density at radius 2 is 2.06 bits per heavy atom. The standard InChI is InChI=1S/C13H10ClNO3/c14-11-7-8(15-4-1-2-12(15)16)6-10-9(11)3-5-18-13(10)17/h3,5-7H,1-2,4H2. The average molecular weight is 264 g/mol. The van der Waals surface area contributed by atoms with Gasteiger partial charge in [0.15, 0.2) is 0 Å². The number of amides is 1. The number of hydrogen-bond donors (Lipinski definition) is 0. The van der Waals surface area contributed by atoms with Crippen molar-refractivity contribution in [3.05, 3.63) is 39.9 Å². The molecule has 0 bridgehead atoms. The van der Waals surface area contributed by atoms with Crippen LogP contribution >= 0.6 is 11.6 Å². The molecule has 0 N–H and O–H groups in total. The summed E-state index contributed by atoms with van der Waals surface area (Å²) >= 11 is 6.14. The van der Waals surface area contributed by atoms with Crippen molar-refractivity contribution < 1.29 is 9.21 Å². The van der Waals surface area contributed by atoms with Gasteiger partial charge in [-0.05, 0) is 24.6 Å². The van der Waals surface area contributed by atoms with Crippen LogP contribution in [0.25, 0.3) is 10.8 Å². The van der Waals surface area contributed by atoms with Crippen LogP contribution in [0.4, 0.5) is 5.69 Å². The molecule has 92 valence electrons. The smallest absolute Gasteiger partial charge is 0.343 e. The average Bonchev–Trinajstić information content (AvgIpc) is 2.77. The number of benzene rings is 1. The van der Waals surface area contributed by atoms with Crippen LogP contribution in [0, 0.1) is 0 Å². The minimum Gasteiger partial charge on any atom is -0.431 e. The summed E-state index contributed by atoms with van der Waals surface area (Å²) in [5, 5.41) is 1.50. The fourth-order valence-corrected chi connectivity index (χ4v) is 2.52. The van der Waals surface area contributed by atoms with Gasteiger partial charge in [0.1, 0.15) is 0 Å². The molecule has 4 nitrogen and oxygen atoms in total. The van der Waals surface area contributed by atoms with E-state index in [9.17, 15) is 9.59 Å². The van der Waals surface area contributed by atoms with Crippen LogP contribution < -0.4 is 10.5 Å². The molecule has 0 atom stereocenters. The Hall–Kier alpha value is -1.81. The summed E-state index contributed by atoms with van der Waals surface area (Å²) in [5.41, 5.74) is 0.219. The Morgan fingerprint density at radius 1 is 1.22 bits per heavy atom. The van der Waals surface area contributed by atoms with E-state index in [2.05, 4.69) is 0 Å². The van der Waals surface area contributed by atoms with Crippen molar-refractivity contribution in [1.82, 2.24) is 0 Å². The van der Waals surface area contributed by atoms with Crippen LogP contribution in [-0.2, 0) is 4.79 Å². The molecule has 0 unspecified atom stereocenters. The van der Waals surface area contributed by atoms with E-state index in [0.717, 1.165) is 6.42 Å². The van der Waals surface area contributed by atoms with Crippen LogP contribution in [0.2, 0.25) is 5.02 Å². The molecule has 1 aliphatic heterocycles. The highest BCUT2D eigenvalue weighted by molar-refractivity contribution is 6.36. The van der Waals surface area contributed by atoms with E-state index >= 15 is 0 Å². The fourth-order valence-electron chi connectivity index (χ4n) is 2.25. The highest BCUT2D eigenvalue weighted by Crippen LogP contribution is 2.30. The fraction of sp³-hybridized carbons (Fsp3) is 0.231. The number of carbonyl (C=O) groups excluding carboxylic acids is 1. The van der Waals surface area contributed by atoms with Crippen LogP contribution in [0.5, 0.6) is 0 Å². The second-order valence-electron chi connectivity index (χ2n) is 4.25. The lowest BCUT2D eigenvalue weighted by Crippen LogP contribution is -2.23. The Bertz CT molecular complexity index is 692. The molecule has 0 saturated carbocycles. The monoisotopic (exact) mass is 263 g/mol. The molecule has 18 heavy (non-hydrogen) atoms. The van der Waals surface area contributed by atoms with Gasteiger partial charge in [0, 0.05) is 24.0 Å². The van der Waals surface area contributed by atoms with E-state index in [0.29, 0.717) is 34.4 Å². The van der Waals surface area contributed by atoms with Crippen molar-refractivity contribution >= 4 is 34.0 Å². The highest BCUT2D eigenvalue weighted by Gasteiger charge is 2.22. The number of carbonyl (C=O) groups is 1. The summed E-state index contributed by atoms with van der Waals surface area (Å²) in [7, 11) is 0. The maximum atomic E-state index is 11.7. The van der Waals surface area contributed by atoms with Gasteiger partial charge in [-0.25, -0.2) is 4.79 Å². The van der Waals surface area contributed by atoms with Gasteiger partial charge in [0.05, 0.1) is 16.7 Å². The topological polar surface area (TPSA) is 50.5 Å².